The van der Waals surface area contributed by atoms with Crippen molar-refractivity contribution in [2.24, 2.45) is 5.92 Å². The molecule has 0 saturated carbocycles. The van der Waals surface area contributed by atoms with Crippen LogP contribution in [0.1, 0.15) is 38.5 Å². The SMILES string of the molecule is O=C(Nc1c(F)cccc1N1CCCC1)C1CCN(C(=O)N2CCCC2)CC1. The second-order valence-corrected chi connectivity index (χ2v) is 8.06. The van der Waals surface area contributed by atoms with Gasteiger partial charge in [0.1, 0.15) is 11.5 Å². The molecule has 0 aliphatic carbocycles. The van der Waals surface area contributed by atoms with Crippen LogP contribution in [-0.2, 0) is 4.79 Å². The molecule has 6 nitrogen and oxygen atoms in total. The van der Waals surface area contributed by atoms with Gasteiger partial charge in [0, 0.05) is 45.2 Å². The highest BCUT2D eigenvalue weighted by molar-refractivity contribution is 5.96. The van der Waals surface area contributed by atoms with Gasteiger partial charge >= 0.3 is 6.03 Å². The zero-order valence-electron chi connectivity index (χ0n) is 16.3. The van der Waals surface area contributed by atoms with E-state index in [0.717, 1.165) is 57.5 Å². The van der Waals surface area contributed by atoms with E-state index >= 15 is 0 Å². The van der Waals surface area contributed by atoms with Crippen LogP contribution in [0.4, 0.5) is 20.6 Å². The number of hydrogen-bond acceptors (Lipinski definition) is 3. The average Bonchev–Trinajstić information content (AvgIpc) is 3.43. The van der Waals surface area contributed by atoms with Gasteiger partial charge in [-0.25, -0.2) is 9.18 Å². The summed E-state index contributed by atoms with van der Waals surface area (Å²) >= 11 is 0. The number of hydrogen-bond donors (Lipinski definition) is 1. The van der Waals surface area contributed by atoms with Gasteiger partial charge in [-0.2, -0.15) is 0 Å². The number of anilines is 2. The minimum atomic E-state index is -0.389. The highest BCUT2D eigenvalue weighted by Crippen LogP contribution is 2.32. The Morgan fingerprint density at radius 1 is 0.893 bits per heavy atom. The zero-order chi connectivity index (χ0) is 19.5. The largest absolute Gasteiger partial charge is 0.370 e. The lowest BCUT2D eigenvalue weighted by Gasteiger charge is -2.34. The predicted octanol–water partition coefficient (Wildman–Crippen LogP) is 3.29. The Labute approximate surface area is 165 Å². The predicted molar refractivity (Wildman–Crippen MR) is 107 cm³/mol. The van der Waals surface area contributed by atoms with E-state index in [0.29, 0.717) is 31.6 Å². The van der Waals surface area contributed by atoms with Gasteiger partial charge in [0.2, 0.25) is 5.91 Å². The number of likely N-dealkylation sites (tertiary alicyclic amines) is 2. The van der Waals surface area contributed by atoms with E-state index in [1.165, 1.54) is 6.07 Å². The van der Waals surface area contributed by atoms with Crippen molar-refractivity contribution >= 4 is 23.3 Å². The number of nitrogens with one attached hydrogen (secondary N) is 1. The highest BCUT2D eigenvalue weighted by Gasteiger charge is 2.31. The van der Waals surface area contributed by atoms with Gasteiger partial charge in [-0.05, 0) is 50.7 Å². The fourth-order valence-electron chi connectivity index (χ4n) is 4.52. The van der Waals surface area contributed by atoms with Crippen LogP contribution in [0.3, 0.4) is 0 Å². The molecular formula is C21H29FN4O2. The van der Waals surface area contributed by atoms with E-state index in [1.54, 1.807) is 6.07 Å². The lowest BCUT2D eigenvalue weighted by molar-refractivity contribution is -0.121. The van der Waals surface area contributed by atoms with Gasteiger partial charge in [-0.1, -0.05) is 6.07 Å². The van der Waals surface area contributed by atoms with Gasteiger partial charge in [-0.15, -0.1) is 0 Å². The number of halogens is 1. The molecule has 3 amide bonds. The lowest BCUT2D eigenvalue weighted by atomic mass is 9.96. The molecule has 0 spiro atoms. The number of urea groups is 1. The Bertz CT molecular complexity index is 721. The fourth-order valence-corrected chi connectivity index (χ4v) is 4.52. The molecule has 3 heterocycles. The summed E-state index contributed by atoms with van der Waals surface area (Å²) in [4.78, 5) is 31.2. The van der Waals surface area contributed by atoms with Crippen molar-refractivity contribution in [1.82, 2.24) is 9.80 Å². The van der Waals surface area contributed by atoms with Crippen molar-refractivity contribution in [3.8, 4) is 0 Å². The van der Waals surface area contributed by atoms with Crippen molar-refractivity contribution in [2.45, 2.75) is 38.5 Å². The van der Waals surface area contributed by atoms with Crippen LogP contribution in [0, 0.1) is 11.7 Å². The summed E-state index contributed by atoms with van der Waals surface area (Å²) in [6, 6.07) is 5.07. The molecule has 0 atom stereocenters. The molecule has 3 aliphatic rings. The third-order valence-electron chi connectivity index (χ3n) is 6.20. The molecule has 3 aliphatic heterocycles. The Morgan fingerprint density at radius 3 is 2.18 bits per heavy atom. The van der Waals surface area contributed by atoms with Crippen LogP contribution in [0.15, 0.2) is 18.2 Å². The number of rotatable bonds is 3. The third kappa shape index (κ3) is 3.93. The number of carbonyl (C=O) groups excluding carboxylic acids is 2. The quantitative estimate of drug-likeness (QED) is 0.865. The molecule has 28 heavy (non-hydrogen) atoms. The molecule has 0 radical (unpaired) electrons. The molecule has 7 heteroatoms. The number of nitrogens with zero attached hydrogens (tertiary/aromatic N) is 3. The van der Waals surface area contributed by atoms with Crippen LogP contribution in [-0.4, -0.2) is 61.0 Å². The van der Waals surface area contributed by atoms with Gasteiger partial charge in [0.25, 0.3) is 0 Å². The first-order chi connectivity index (χ1) is 13.6. The Kier molecular flexibility index (Phi) is 5.69. The summed E-state index contributed by atoms with van der Waals surface area (Å²) in [6.07, 6.45) is 5.58. The molecule has 1 N–H and O–H groups in total. The van der Waals surface area contributed by atoms with Crippen molar-refractivity contribution in [3.63, 3.8) is 0 Å². The first-order valence-corrected chi connectivity index (χ1v) is 10.5. The number of piperidine rings is 1. The van der Waals surface area contributed by atoms with E-state index < -0.39 is 0 Å². The highest BCUT2D eigenvalue weighted by atomic mass is 19.1. The normalized spacial score (nSPS) is 20.7. The Morgan fingerprint density at radius 2 is 1.50 bits per heavy atom. The summed E-state index contributed by atoms with van der Waals surface area (Å²) in [6.45, 7) is 4.64. The molecule has 0 unspecified atom stereocenters. The first-order valence-electron chi connectivity index (χ1n) is 10.5. The van der Waals surface area contributed by atoms with Crippen LogP contribution >= 0.6 is 0 Å². The smallest absolute Gasteiger partial charge is 0.319 e. The van der Waals surface area contributed by atoms with Crippen molar-refractivity contribution < 1.29 is 14.0 Å². The summed E-state index contributed by atoms with van der Waals surface area (Å²) in [7, 11) is 0. The number of benzene rings is 1. The summed E-state index contributed by atoms with van der Waals surface area (Å²) in [5, 5.41) is 2.86. The number of carbonyl (C=O) groups is 2. The molecule has 0 aromatic heterocycles. The molecule has 1 aromatic rings. The van der Waals surface area contributed by atoms with E-state index in [4.69, 9.17) is 0 Å². The third-order valence-corrected chi connectivity index (χ3v) is 6.20. The van der Waals surface area contributed by atoms with Crippen molar-refractivity contribution in [1.29, 1.82) is 0 Å². The zero-order valence-corrected chi connectivity index (χ0v) is 16.3. The topological polar surface area (TPSA) is 55.9 Å². The van der Waals surface area contributed by atoms with E-state index in [-0.39, 0.29) is 23.7 Å². The van der Waals surface area contributed by atoms with Crippen LogP contribution in [0.5, 0.6) is 0 Å². The second kappa shape index (κ2) is 8.37. The minimum Gasteiger partial charge on any atom is -0.370 e. The van der Waals surface area contributed by atoms with E-state index in [9.17, 15) is 14.0 Å². The van der Waals surface area contributed by atoms with Crippen LogP contribution < -0.4 is 10.2 Å². The molecular weight excluding hydrogens is 359 g/mol. The first kappa shape index (κ1) is 19.0. The van der Waals surface area contributed by atoms with Crippen molar-refractivity contribution in [3.05, 3.63) is 24.0 Å². The standard InChI is InChI=1S/C21H29FN4O2/c22-17-6-5-7-18(24-10-1-2-11-24)19(17)23-20(27)16-8-14-26(15-9-16)21(28)25-12-3-4-13-25/h5-7,16H,1-4,8-15H2,(H,23,27). The molecule has 1 aromatic carbocycles. The second-order valence-electron chi connectivity index (χ2n) is 8.06. The summed E-state index contributed by atoms with van der Waals surface area (Å²) < 4.78 is 14.5. The van der Waals surface area contributed by atoms with Gasteiger partial charge in [0.05, 0.1) is 5.69 Å². The fraction of sp³-hybridized carbons (Fsp3) is 0.619. The maximum Gasteiger partial charge on any atom is 0.319 e. The molecule has 3 saturated heterocycles. The molecule has 0 bridgehead atoms. The molecule has 4 rings (SSSR count). The summed E-state index contributed by atoms with van der Waals surface area (Å²) in [5.74, 6) is -0.716. The maximum absolute atomic E-state index is 14.5. The molecule has 3 fully saturated rings. The summed E-state index contributed by atoms with van der Waals surface area (Å²) in [5.41, 5.74) is 1.07. The van der Waals surface area contributed by atoms with Gasteiger partial charge in [0.15, 0.2) is 0 Å². The number of para-hydroxylation sites is 1. The van der Waals surface area contributed by atoms with Crippen molar-refractivity contribution in [2.75, 3.05) is 49.5 Å². The maximum atomic E-state index is 14.5. The average molecular weight is 388 g/mol. The van der Waals surface area contributed by atoms with E-state index in [1.807, 2.05) is 15.9 Å². The van der Waals surface area contributed by atoms with Crippen LogP contribution in [0.2, 0.25) is 0 Å². The number of amides is 3. The Balaban J connectivity index is 1.37. The lowest BCUT2D eigenvalue weighted by Crippen LogP contribution is -2.47. The molecule has 152 valence electrons. The van der Waals surface area contributed by atoms with Gasteiger partial charge in [-0.3, -0.25) is 4.79 Å². The minimum absolute atomic E-state index is 0.0989. The monoisotopic (exact) mass is 388 g/mol. The van der Waals surface area contributed by atoms with Gasteiger partial charge < -0.3 is 20.0 Å². The Hall–Kier alpha value is -2.31. The van der Waals surface area contributed by atoms with Crippen LogP contribution in [0.25, 0.3) is 0 Å². The van der Waals surface area contributed by atoms with E-state index in [2.05, 4.69) is 10.2 Å².